The average molecular weight is 395 g/mol. The summed E-state index contributed by atoms with van der Waals surface area (Å²) in [5, 5.41) is 0. The highest BCUT2D eigenvalue weighted by Crippen LogP contribution is 2.16. The normalized spacial score (nSPS) is 16.4. The maximum atomic E-state index is 5.58. The van der Waals surface area contributed by atoms with Gasteiger partial charge in [-0.3, -0.25) is 4.90 Å². The first-order valence-electron chi connectivity index (χ1n) is 5.94. The molecule has 1 fully saturated rings. The Bertz CT molecular complexity index is 403. The minimum Gasteiger partial charge on any atom is -0.387 e. The number of halogens is 2. The maximum Gasteiger partial charge on any atom is 0.0964 e. The highest BCUT2D eigenvalue weighted by Gasteiger charge is 2.10. The minimum absolute atomic E-state index is 0. The molecular formula is C13H21Br2N3O. The van der Waals surface area contributed by atoms with Crippen LogP contribution in [0.1, 0.15) is 12.5 Å². The van der Waals surface area contributed by atoms with Gasteiger partial charge in [0, 0.05) is 19.6 Å². The maximum absolute atomic E-state index is 5.58. The predicted molar refractivity (Wildman–Crippen MR) is 90.1 cm³/mol. The molecule has 1 aliphatic rings. The van der Waals surface area contributed by atoms with Crippen molar-refractivity contribution in [2.75, 3.05) is 26.3 Å². The fourth-order valence-corrected chi connectivity index (χ4v) is 1.95. The molecule has 1 saturated heterocycles. The molecule has 0 atom stereocenters. The van der Waals surface area contributed by atoms with Crippen LogP contribution in [0.4, 0.5) is 5.69 Å². The topological polar surface area (TPSA) is 50.8 Å². The van der Waals surface area contributed by atoms with E-state index in [4.69, 9.17) is 10.5 Å². The van der Waals surface area contributed by atoms with Gasteiger partial charge in [0.2, 0.25) is 0 Å². The minimum atomic E-state index is 0. The monoisotopic (exact) mass is 393 g/mol. The molecule has 1 aliphatic heterocycles. The van der Waals surface area contributed by atoms with Crippen LogP contribution in [0, 0.1) is 0 Å². The molecule has 0 saturated carbocycles. The molecule has 108 valence electrons. The summed E-state index contributed by atoms with van der Waals surface area (Å²) >= 11 is 0. The lowest BCUT2D eigenvalue weighted by Gasteiger charge is -2.26. The van der Waals surface area contributed by atoms with Gasteiger partial charge < -0.3 is 10.5 Å². The summed E-state index contributed by atoms with van der Waals surface area (Å²) in [7, 11) is 0. The molecule has 1 heterocycles. The first-order chi connectivity index (χ1) is 8.24. The molecule has 2 rings (SSSR count). The van der Waals surface area contributed by atoms with E-state index in [1.54, 1.807) is 6.92 Å². The highest BCUT2D eigenvalue weighted by atomic mass is 79.9. The van der Waals surface area contributed by atoms with Crippen LogP contribution in [-0.4, -0.2) is 37.0 Å². The third-order valence-electron chi connectivity index (χ3n) is 2.73. The molecule has 4 nitrogen and oxygen atoms in total. The molecule has 0 amide bonds. The van der Waals surface area contributed by atoms with Crippen LogP contribution >= 0.6 is 34.0 Å². The molecule has 0 unspecified atom stereocenters. The number of hydrogen-bond acceptors (Lipinski definition) is 3. The molecule has 2 N–H and O–H groups in total. The largest absolute Gasteiger partial charge is 0.387 e. The summed E-state index contributed by atoms with van der Waals surface area (Å²) in [5.74, 6) is 0.591. The molecule has 0 aromatic heterocycles. The van der Waals surface area contributed by atoms with Gasteiger partial charge in [0.25, 0.3) is 0 Å². The molecule has 6 heteroatoms. The summed E-state index contributed by atoms with van der Waals surface area (Å²) in [6, 6.07) is 8.21. The number of benzene rings is 1. The number of amidine groups is 1. The van der Waals surface area contributed by atoms with Gasteiger partial charge in [-0.1, -0.05) is 12.1 Å². The molecule has 1 aromatic rings. The first kappa shape index (κ1) is 18.6. The van der Waals surface area contributed by atoms with Crippen molar-refractivity contribution >= 4 is 45.5 Å². The van der Waals surface area contributed by atoms with Crippen LogP contribution < -0.4 is 5.73 Å². The fourth-order valence-electron chi connectivity index (χ4n) is 1.95. The Labute approximate surface area is 135 Å². The summed E-state index contributed by atoms with van der Waals surface area (Å²) in [6.45, 7) is 6.43. The molecule has 0 aliphatic carbocycles. The Morgan fingerprint density at radius 2 is 2.00 bits per heavy atom. The van der Waals surface area contributed by atoms with Crippen molar-refractivity contribution in [3.05, 3.63) is 29.8 Å². The van der Waals surface area contributed by atoms with Crippen LogP contribution in [-0.2, 0) is 11.3 Å². The number of rotatable bonds is 3. The van der Waals surface area contributed by atoms with Crippen LogP contribution in [0.25, 0.3) is 0 Å². The third kappa shape index (κ3) is 6.51. The van der Waals surface area contributed by atoms with Gasteiger partial charge in [-0.2, -0.15) is 0 Å². The lowest BCUT2D eigenvalue weighted by Crippen LogP contribution is -2.35. The summed E-state index contributed by atoms with van der Waals surface area (Å²) < 4.78 is 5.33. The van der Waals surface area contributed by atoms with Gasteiger partial charge in [0.15, 0.2) is 0 Å². The zero-order valence-corrected chi connectivity index (χ0v) is 14.5. The van der Waals surface area contributed by atoms with E-state index in [1.165, 1.54) is 5.56 Å². The van der Waals surface area contributed by atoms with Gasteiger partial charge in [-0.15, -0.1) is 34.0 Å². The van der Waals surface area contributed by atoms with E-state index >= 15 is 0 Å². The van der Waals surface area contributed by atoms with Crippen molar-refractivity contribution in [2.45, 2.75) is 13.5 Å². The fraction of sp³-hybridized carbons (Fsp3) is 0.462. The van der Waals surface area contributed by atoms with Gasteiger partial charge in [0.05, 0.1) is 24.7 Å². The second-order valence-corrected chi connectivity index (χ2v) is 4.31. The van der Waals surface area contributed by atoms with E-state index in [0.717, 1.165) is 38.5 Å². The Kier molecular flexibility index (Phi) is 9.26. The predicted octanol–water partition coefficient (Wildman–Crippen LogP) is 2.68. The SMILES string of the molecule is Br.Br.CC(N)=Nc1cccc(CN2CCOCC2)c1. The lowest BCUT2D eigenvalue weighted by molar-refractivity contribution is 0.0342. The van der Waals surface area contributed by atoms with E-state index in [1.807, 2.05) is 12.1 Å². The van der Waals surface area contributed by atoms with Gasteiger partial charge in [-0.25, -0.2) is 4.99 Å². The molecule has 0 spiro atoms. The van der Waals surface area contributed by atoms with Crippen molar-refractivity contribution in [3.63, 3.8) is 0 Å². The zero-order valence-electron chi connectivity index (χ0n) is 11.0. The molecule has 1 aromatic carbocycles. The Hall–Kier alpha value is -0.430. The van der Waals surface area contributed by atoms with E-state index in [2.05, 4.69) is 22.0 Å². The molecule has 19 heavy (non-hydrogen) atoms. The van der Waals surface area contributed by atoms with Gasteiger partial charge >= 0.3 is 0 Å². The van der Waals surface area contributed by atoms with Crippen molar-refractivity contribution in [3.8, 4) is 0 Å². The van der Waals surface area contributed by atoms with Crippen molar-refractivity contribution in [1.29, 1.82) is 0 Å². The number of nitrogens with zero attached hydrogens (tertiary/aromatic N) is 2. The lowest BCUT2D eigenvalue weighted by atomic mass is 10.2. The van der Waals surface area contributed by atoms with Crippen LogP contribution in [0.3, 0.4) is 0 Å². The van der Waals surface area contributed by atoms with Crippen molar-refractivity contribution < 1.29 is 4.74 Å². The average Bonchev–Trinajstić information content (AvgIpc) is 2.30. The molecule has 0 bridgehead atoms. The summed E-state index contributed by atoms with van der Waals surface area (Å²) in [4.78, 5) is 6.65. The second kappa shape index (κ2) is 9.47. The second-order valence-electron chi connectivity index (χ2n) is 4.31. The molecule has 0 radical (unpaired) electrons. The number of morpholine rings is 1. The van der Waals surface area contributed by atoms with Crippen molar-refractivity contribution in [1.82, 2.24) is 4.90 Å². The Balaban J connectivity index is 0.00000162. The number of hydrogen-bond donors (Lipinski definition) is 1. The number of aliphatic imine (C=N–C) groups is 1. The van der Waals surface area contributed by atoms with Crippen molar-refractivity contribution in [2.24, 2.45) is 10.7 Å². The smallest absolute Gasteiger partial charge is 0.0964 e. The summed E-state index contributed by atoms with van der Waals surface area (Å²) in [5.41, 5.74) is 7.78. The van der Waals surface area contributed by atoms with Gasteiger partial charge in [0.1, 0.15) is 0 Å². The van der Waals surface area contributed by atoms with E-state index in [0.29, 0.717) is 5.84 Å². The third-order valence-corrected chi connectivity index (χ3v) is 2.73. The number of ether oxygens (including phenoxy) is 1. The quantitative estimate of drug-likeness (QED) is 0.633. The highest BCUT2D eigenvalue weighted by molar-refractivity contribution is 8.93. The first-order valence-corrected chi connectivity index (χ1v) is 5.94. The summed E-state index contributed by atoms with van der Waals surface area (Å²) in [6.07, 6.45) is 0. The Morgan fingerprint density at radius 3 is 2.63 bits per heavy atom. The standard InChI is InChI=1S/C13H19N3O.2BrH/c1-11(14)15-13-4-2-3-12(9-13)10-16-5-7-17-8-6-16;;/h2-4,9H,5-8,10H2,1H3,(H2,14,15);2*1H. The van der Waals surface area contributed by atoms with E-state index < -0.39 is 0 Å². The van der Waals surface area contributed by atoms with E-state index in [-0.39, 0.29) is 34.0 Å². The van der Waals surface area contributed by atoms with E-state index in [9.17, 15) is 0 Å². The van der Waals surface area contributed by atoms with Gasteiger partial charge in [-0.05, 0) is 24.6 Å². The molecular weight excluding hydrogens is 374 g/mol. The van der Waals surface area contributed by atoms with Crippen LogP contribution in [0.2, 0.25) is 0 Å². The zero-order chi connectivity index (χ0) is 12.1. The van der Waals surface area contributed by atoms with Crippen LogP contribution in [0.5, 0.6) is 0 Å². The van der Waals surface area contributed by atoms with Crippen LogP contribution in [0.15, 0.2) is 29.3 Å². The Morgan fingerprint density at radius 1 is 1.32 bits per heavy atom. The number of nitrogens with two attached hydrogens (primary N) is 1.